The van der Waals surface area contributed by atoms with Gasteiger partial charge in [0.2, 0.25) is 0 Å². The van der Waals surface area contributed by atoms with Crippen molar-refractivity contribution in [1.82, 2.24) is 14.5 Å². The normalized spacial score (nSPS) is 13.1. The van der Waals surface area contributed by atoms with Gasteiger partial charge in [-0.2, -0.15) is 11.8 Å². The van der Waals surface area contributed by atoms with Crippen LogP contribution in [0.5, 0.6) is 0 Å². The molecule has 18 heavy (non-hydrogen) atoms. The maximum Gasteiger partial charge on any atom is 0.160 e. The average molecular weight is 284 g/mol. The van der Waals surface area contributed by atoms with Crippen molar-refractivity contribution < 1.29 is 0 Å². The molecule has 1 atom stereocenters. The second kappa shape index (κ2) is 5.93. The first kappa shape index (κ1) is 13.7. The van der Waals surface area contributed by atoms with Gasteiger partial charge in [-0.25, -0.2) is 9.97 Å². The van der Waals surface area contributed by atoms with E-state index in [9.17, 15) is 0 Å². The highest BCUT2D eigenvalue weighted by Crippen LogP contribution is 2.19. The second-order valence-corrected chi connectivity index (χ2v) is 5.99. The number of hydrogen-bond donors (Lipinski definition) is 0. The Balaban J connectivity index is 2.36. The van der Waals surface area contributed by atoms with Crippen LogP contribution in [0, 0.1) is 6.92 Å². The fourth-order valence-electron chi connectivity index (χ4n) is 1.91. The molecule has 0 aliphatic rings. The van der Waals surface area contributed by atoms with Gasteiger partial charge in [-0.3, -0.25) is 0 Å². The van der Waals surface area contributed by atoms with Crippen LogP contribution in [0.2, 0.25) is 0 Å². The van der Waals surface area contributed by atoms with E-state index in [2.05, 4.69) is 27.7 Å². The predicted molar refractivity (Wildman–Crippen MR) is 79.4 cm³/mol. The lowest BCUT2D eigenvalue weighted by molar-refractivity contribution is 0.632. The summed E-state index contributed by atoms with van der Waals surface area (Å²) in [6, 6.07) is 4.00. The van der Waals surface area contributed by atoms with Gasteiger partial charge in [-0.1, -0.05) is 6.92 Å². The van der Waals surface area contributed by atoms with Crippen LogP contribution in [0.15, 0.2) is 12.1 Å². The van der Waals surface area contributed by atoms with Crippen molar-refractivity contribution >= 4 is 34.5 Å². The second-order valence-electron chi connectivity index (χ2n) is 4.44. The lowest BCUT2D eigenvalue weighted by Gasteiger charge is -2.11. The number of halogens is 1. The molecule has 0 aliphatic carbocycles. The molecule has 0 spiro atoms. The number of thioether (sulfide) groups is 1. The van der Waals surface area contributed by atoms with Crippen LogP contribution in [0.4, 0.5) is 0 Å². The number of fused-ring (bicyclic) bond motifs is 1. The Morgan fingerprint density at radius 2 is 2.17 bits per heavy atom. The molecule has 2 rings (SSSR count). The van der Waals surface area contributed by atoms with Gasteiger partial charge in [-0.05, 0) is 31.7 Å². The first-order valence-corrected chi connectivity index (χ1v) is 7.89. The molecule has 0 aromatic carbocycles. The molecule has 3 nitrogen and oxygen atoms in total. The molecule has 1 unspecified atom stereocenters. The maximum atomic E-state index is 5.98. The van der Waals surface area contributed by atoms with Gasteiger partial charge in [0.25, 0.3) is 0 Å². The molecule has 5 heteroatoms. The van der Waals surface area contributed by atoms with Crippen LogP contribution in [-0.2, 0) is 12.4 Å². The Labute approximate surface area is 117 Å². The summed E-state index contributed by atoms with van der Waals surface area (Å²) in [5.74, 6) is 1.35. The van der Waals surface area contributed by atoms with E-state index in [-0.39, 0.29) is 0 Å². The highest BCUT2D eigenvalue weighted by molar-refractivity contribution is 7.99. The average Bonchev–Trinajstić information content (AvgIpc) is 2.73. The summed E-state index contributed by atoms with van der Waals surface area (Å²) < 4.78 is 2.15. The molecule has 0 bridgehead atoms. The Morgan fingerprint density at radius 3 is 2.83 bits per heavy atom. The van der Waals surface area contributed by atoms with E-state index in [1.807, 2.05) is 30.8 Å². The van der Waals surface area contributed by atoms with Crippen LogP contribution in [0.1, 0.15) is 24.9 Å². The molecular weight excluding hydrogens is 266 g/mol. The number of hydrogen-bond acceptors (Lipinski definition) is 3. The number of aromatic nitrogens is 3. The van der Waals surface area contributed by atoms with Crippen molar-refractivity contribution in [3.8, 4) is 0 Å². The highest BCUT2D eigenvalue weighted by Gasteiger charge is 2.12. The van der Waals surface area contributed by atoms with Crippen LogP contribution < -0.4 is 0 Å². The van der Waals surface area contributed by atoms with E-state index in [0.717, 1.165) is 35.6 Å². The molecule has 98 valence electrons. The molecule has 0 fully saturated rings. The van der Waals surface area contributed by atoms with Gasteiger partial charge >= 0.3 is 0 Å². The molecule has 2 heterocycles. The lowest BCUT2D eigenvalue weighted by Crippen LogP contribution is -2.08. The van der Waals surface area contributed by atoms with E-state index in [0.29, 0.717) is 11.1 Å². The van der Waals surface area contributed by atoms with Crippen molar-refractivity contribution in [2.75, 3.05) is 6.26 Å². The summed E-state index contributed by atoms with van der Waals surface area (Å²) in [6.45, 7) is 5.17. The zero-order chi connectivity index (χ0) is 13.1. The van der Waals surface area contributed by atoms with Crippen molar-refractivity contribution in [3.05, 3.63) is 23.7 Å². The summed E-state index contributed by atoms with van der Waals surface area (Å²) in [5.41, 5.74) is 2.91. The van der Waals surface area contributed by atoms with E-state index in [4.69, 9.17) is 11.6 Å². The fourth-order valence-corrected chi connectivity index (χ4v) is 2.45. The van der Waals surface area contributed by atoms with E-state index >= 15 is 0 Å². The Bertz CT molecular complexity index is 538. The number of nitrogens with zero attached hydrogens (tertiary/aromatic N) is 3. The summed E-state index contributed by atoms with van der Waals surface area (Å²) in [6.07, 6.45) is 3.24. The zero-order valence-corrected chi connectivity index (χ0v) is 12.6. The smallest absolute Gasteiger partial charge is 0.160 e. The SMILES string of the molecule is CSC(C)CCn1c(CCl)nc2ccc(C)nc21. The maximum absolute atomic E-state index is 5.98. The van der Waals surface area contributed by atoms with Gasteiger partial charge in [0.1, 0.15) is 11.3 Å². The van der Waals surface area contributed by atoms with Gasteiger partial charge in [0.15, 0.2) is 5.65 Å². The minimum absolute atomic E-state index is 0.434. The molecule has 0 aliphatic heterocycles. The molecule has 0 amide bonds. The Kier molecular flexibility index (Phi) is 4.51. The van der Waals surface area contributed by atoms with Gasteiger partial charge in [0.05, 0.1) is 5.88 Å². The van der Waals surface area contributed by atoms with Crippen LogP contribution in [0.3, 0.4) is 0 Å². The van der Waals surface area contributed by atoms with Crippen LogP contribution in [-0.4, -0.2) is 26.0 Å². The number of pyridine rings is 1. The Hall–Kier alpha value is -0.740. The van der Waals surface area contributed by atoms with Crippen LogP contribution in [0.25, 0.3) is 11.2 Å². The van der Waals surface area contributed by atoms with E-state index in [1.54, 1.807) is 0 Å². The largest absolute Gasteiger partial charge is 0.312 e. The fraction of sp³-hybridized carbons (Fsp3) is 0.538. The van der Waals surface area contributed by atoms with Crippen LogP contribution >= 0.6 is 23.4 Å². The van der Waals surface area contributed by atoms with Crippen molar-refractivity contribution in [2.24, 2.45) is 0 Å². The third kappa shape index (κ3) is 2.81. The molecule has 0 radical (unpaired) electrons. The topological polar surface area (TPSA) is 30.7 Å². The number of alkyl halides is 1. The minimum Gasteiger partial charge on any atom is -0.312 e. The number of aryl methyl sites for hydroxylation is 2. The molecule has 2 aromatic rings. The summed E-state index contributed by atoms with van der Waals surface area (Å²) in [4.78, 5) is 9.12. The highest BCUT2D eigenvalue weighted by atomic mass is 35.5. The Morgan fingerprint density at radius 1 is 1.39 bits per heavy atom. The number of rotatable bonds is 5. The quantitative estimate of drug-likeness (QED) is 0.785. The summed E-state index contributed by atoms with van der Waals surface area (Å²) in [7, 11) is 0. The van der Waals surface area contributed by atoms with E-state index in [1.165, 1.54) is 0 Å². The third-order valence-electron chi connectivity index (χ3n) is 3.09. The molecule has 0 saturated carbocycles. The van der Waals surface area contributed by atoms with Crippen molar-refractivity contribution in [3.63, 3.8) is 0 Å². The van der Waals surface area contributed by atoms with Crippen molar-refractivity contribution in [2.45, 2.75) is 37.9 Å². The zero-order valence-electron chi connectivity index (χ0n) is 11.0. The first-order valence-electron chi connectivity index (χ1n) is 6.07. The summed E-state index contributed by atoms with van der Waals surface area (Å²) >= 11 is 7.86. The third-order valence-corrected chi connectivity index (χ3v) is 4.37. The van der Waals surface area contributed by atoms with Crippen molar-refractivity contribution in [1.29, 1.82) is 0 Å². The standard InChI is InChI=1S/C13H18ClN3S/c1-9-4-5-11-13(15-9)17(12(8-14)16-11)7-6-10(2)18-3/h4-5,10H,6-8H2,1-3H3. The lowest BCUT2D eigenvalue weighted by atomic mass is 10.3. The van der Waals surface area contributed by atoms with Gasteiger partial charge in [-0.15, -0.1) is 11.6 Å². The molecular formula is C13H18ClN3S. The molecule has 2 aromatic heterocycles. The summed E-state index contributed by atoms with van der Waals surface area (Å²) in [5, 5.41) is 0.635. The van der Waals surface area contributed by atoms with E-state index < -0.39 is 0 Å². The minimum atomic E-state index is 0.434. The first-order chi connectivity index (χ1) is 8.65. The predicted octanol–water partition coefficient (Wildman–Crippen LogP) is 3.62. The van der Waals surface area contributed by atoms with Gasteiger partial charge in [0, 0.05) is 17.5 Å². The molecule has 0 N–H and O–H groups in total. The molecule has 0 saturated heterocycles. The monoisotopic (exact) mass is 283 g/mol. The number of imidazole rings is 1. The van der Waals surface area contributed by atoms with Gasteiger partial charge < -0.3 is 4.57 Å².